The summed E-state index contributed by atoms with van der Waals surface area (Å²) in [4.78, 5) is 13.0. The van der Waals surface area contributed by atoms with Gasteiger partial charge in [0.2, 0.25) is 5.75 Å². The molecule has 0 atom stereocenters. The second kappa shape index (κ2) is 7.47. The molecule has 0 aliphatic heterocycles. The fourth-order valence-corrected chi connectivity index (χ4v) is 6.21. The number of hydrogen-bond acceptors (Lipinski definition) is 5. The molecule has 6 heteroatoms. The highest BCUT2D eigenvalue weighted by Crippen LogP contribution is 2.59. The van der Waals surface area contributed by atoms with Crippen LogP contribution in [0.15, 0.2) is 12.1 Å². The molecular formula is C22H31NO5. The van der Waals surface area contributed by atoms with Gasteiger partial charge >= 0.3 is 0 Å². The predicted octanol–water partition coefficient (Wildman–Crippen LogP) is 3.28. The average molecular weight is 389 g/mol. The number of hydrogen-bond donors (Lipinski definition) is 1. The summed E-state index contributed by atoms with van der Waals surface area (Å²) in [7, 11) is 6.46. The molecule has 1 N–H and O–H groups in total. The highest BCUT2D eigenvalue weighted by molar-refractivity contribution is 5.95. The Morgan fingerprint density at radius 3 is 1.89 bits per heavy atom. The molecule has 4 saturated carbocycles. The Labute approximate surface area is 166 Å². The fourth-order valence-electron chi connectivity index (χ4n) is 6.21. The zero-order valence-electron chi connectivity index (χ0n) is 17.2. The van der Waals surface area contributed by atoms with E-state index < -0.39 is 0 Å². The Bertz CT molecular complexity index is 693. The molecule has 0 saturated heterocycles. The molecule has 28 heavy (non-hydrogen) atoms. The van der Waals surface area contributed by atoms with Crippen molar-refractivity contribution in [3.8, 4) is 17.2 Å². The first-order valence-corrected chi connectivity index (χ1v) is 10.2. The SMILES string of the molecule is COc1cc(C(=O)NCC2(OC)C3CC4CC(C3)CC2C4)cc(OC)c1OC. The van der Waals surface area contributed by atoms with Crippen LogP contribution in [0, 0.1) is 23.7 Å². The molecule has 0 aromatic heterocycles. The second-order valence-electron chi connectivity index (χ2n) is 8.56. The van der Waals surface area contributed by atoms with Crippen molar-refractivity contribution in [2.75, 3.05) is 35.0 Å². The largest absolute Gasteiger partial charge is 0.493 e. The maximum absolute atomic E-state index is 13.0. The van der Waals surface area contributed by atoms with Crippen molar-refractivity contribution in [1.82, 2.24) is 5.32 Å². The minimum Gasteiger partial charge on any atom is -0.493 e. The lowest BCUT2D eigenvalue weighted by atomic mass is 9.49. The summed E-state index contributed by atoms with van der Waals surface area (Å²) in [5.74, 6) is 4.10. The molecule has 1 amide bonds. The molecular weight excluding hydrogens is 358 g/mol. The smallest absolute Gasteiger partial charge is 0.251 e. The van der Waals surface area contributed by atoms with Crippen LogP contribution < -0.4 is 19.5 Å². The molecule has 4 bridgehead atoms. The molecule has 0 unspecified atom stereocenters. The van der Waals surface area contributed by atoms with Crippen molar-refractivity contribution in [2.45, 2.75) is 37.7 Å². The number of benzene rings is 1. The molecule has 1 aromatic carbocycles. The molecule has 5 rings (SSSR count). The minimum absolute atomic E-state index is 0.149. The molecule has 6 nitrogen and oxygen atoms in total. The molecule has 0 heterocycles. The van der Waals surface area contributed by atoms with Crippen LogP contribution in [-0.2, 0) is 4.74 Å². The van der Waals surface area contributed by atoms with E-state index in [4.69, 9.17) is 18.9 Å². The van der Waals surface area contributed by atoms with E-state index >= 15 is 0 Å². The van der Waals surface area contributed by atoms with Gasteiger partial charge in [-0.1, -0.05) is 0 Å². The highest BCUT2D eigenvalue weighted by Gasteiger charge is 2.57. The maximum Gasteiger partial charge on any atom is 0.251 e. The first-order chi connectivity index (χ1) is 13.5. The van der Waals surface area contributed by atoms with E-state index in [0.717, 1.165) is 11.8 Å². The number of ether oxygens (including phenoxy) is 4. The number of carbonyl (C=O) groups excluding carboxylic acids is 1. The molecule has 4 aliphatic carbocycles. The molecule has 154 valence electrons. The number of methoxy groups -OCH3 is 4. The average Bonchev–Trinajstić information content (AvgIpc) is 2.71. The highest BCUT2D eigenvalue weighted by atomic mass is 16.5. The van der Waals surface area contributed by atoms with Crippen LogP contribution in [0.5, 0.6) is 17.2 Å². The van der Waals surface area contributed by atoms with Crippen molar-refractivity contribution in [1.29, 1.82) is 0 Å². The summed E-state index contributed by atoms with van der Waals surface area (Å²) in [5, 5.41) is 3.14. The zero-order valence-corrected chi connectivity index (χ0v) is 17.2. The lowest BCUT2D eigenvalue weighted by Crippen LogP contribution is -2.63. The standard InChI is InChI=1S/C22H31NO5/c1-25-18-10-15(11-19(26-2)20(18)27-3)21(24)23-12-22(28-4)16-6-13-5-14(8-16)9-17(22)7-13/h10-11,13-14,16-17H,5-9,12H2,1-4H3,(H,23,24). The third-order valence-corrected chi connectivity index (χ3v) is 7.35. The van der Waals surface area contributed by atoms with Gasteiger partial charge in [0.15, 0.2) is 11.5 Å². The Balaban J connectivity index is 1.52. The van der Waals surface area contributed by atoms with E-state index in [0.29, 0.717) is 41.2 Å². The second-order valence-corrected chi connectivity index (χ2v) is 8.56. The van der Waals surface area contributed by atoms with Gasteiger partial charge in [0.05, 0.1) is 26.9 Å². The number of rotatable bonds is 7. The van der Waals surface area contributed by atoms with Crippen molar-refractivity contribution in [3.63, 3.8) is 0 Å². The summed E-state index contributed by atoms with van der Waals surface area (Å²) in [5.41, 5.74) is 0.258. The Morgan fingerprint density at radius 2 is 1.46 bits per heavy atom. The third kappa shape index (κ3) is 3.02. The summed E-state index contributed by atoms with van der Waals surface area (Å²) in [6.07, 6.45) is 6.34. The van der Waals surface area contributed by atoms with Gasteiger partial charge in [-0.15, -0.1) is 0 Å². The maximum atomic E-state index is 13.0. The van der Waals surface area contributed by atoms with Gasteiger partial charge in [0.25, 0.3) is 5.91 Å². The summed E-state index contributed by atoms with van der Waals surface area (Å²) < 4.78 is 22.2. The summed E-state index contributed by atoms with van der Waals surface area (Å²) in [6, 6.07) is 3.38. The van der Waals surface area contributed by atoms with E-state index in [2.05, 4.69) is 5.32 Å². The van der Waals surface area contributed by atoms with Crippen LogP contribution in [0.4, 0.5) is 0 Å². The van der Waals surface area contributed by atoms with Crippen LogP contribution in [0.3, 0.4) is 0 Å². The van der Waals surface area contributed by atoms with Gasteiger partial charge in [0, 0.05) is 19.2 Å². The van der Waals surface area contributed by atoms with Crippen molar-refractivity contribution in [3.05, 3.63) is 17.7 Å². The van der Waals surface area contributed by atoms with Crippen molar-refractivity contribution < 1.29 is 23.7 Å². The molecule has 0 spiro atoms. The summed E-state index contributed by atoms with van der Waals surface area (Å²) in [6.45, 7) is 0.549. The van der Waals surface area contributed by atoms with Gasteiger partial charge in [-0.25, -0.2) is 0 Å². The van der Waals surface area contributed by atoms with Gasteiger partial charge in [-0.05, 0) is 67.9 Å². The van der Waals surface area contributed by atoms with Crippen LogP contribution >= 0.6 is 0 Å². The van der Waals surface area contributed by atoms with E-state index in [9.17, 15) is 4.79 Å². The first kappa shape index (κ1) is 19.4. The van der Waals surface area contributed by atoms with E-state index in [1.165, 1.54) is 32.1 Å². The zero-order chi connectivity index (χ0) is 19.9. The first-order valence-electron chi connectivity index (χ1n) is 10.2. The molecule has 4 fully saturated rings. The Kier molecular flexibility index (Phi) is 5.17. The van der Waals surface area contributed by atoms with Gasteiger partial charge in [0.1, 0.15) is 0 Å². The van der Waals surface area contributed by atoms with Crippen LogP contribution in [0.2, 0.25) is 0 Å². The molecule has 0 radical (unpaired) electrons. The number of amides is 1. The minimum atomic E-state index is -0.232. The van der Waals surface area contributed by atoms with E-state index in [1.807, 2.05) is 7.11 Å². The number of nitrogens with one attached hydrogen (secondary N) is 1. The molecule has 1 aromatic rings. The van der Waals surface area contributed by atoms with E-state index in [1.54, 1.807) is 33.5 Å². The lowest BCUT2D eigenvalue weighted by Gasteiger charge is -2.60. The Hall–Kier alpha value is -1.95. The normalized spacial score (nSPS) is 32.9. The summed E-state index contributed by atoms with van der Waals surface area (Å²) >= 11 is 0. The predicted molar refractivity (Wildman–Crippen MR) is 105 cm³/mol. The van der Waals surface area contributed by atoms with Crippen molar-refractivity contribution >= 4 is 5.91 Å². The molecule has 4 aliphatic rings. The Morgan fingerprint density at radius 1 is 0.929 bits per heavy atom. The topological polar surface area (TPSA) is 66.0 Å². The lowest BCUT2D eigenvalue weighted by molar-refractivity contribution is -0.186. The van der Waals surface area contributed by atoms with Crippen LogP contribution in [0.1, 0.15) is 42.5 Å². The van der Waals surface area contributed by atoms with Gasteiger partial charge in [-0.2, -0.15) is 0 Å². The van der Waals surface area contributed by atoms with Crippen LogP contribution in [-0.4, -0.2) is 46.5 Å². The van der Waals surface area contributed by atoms with E-state index in [-0.39, 0.29) is 11.5 Å². The van der Waals surface area contributed by atoms with Gasteiger partial charge in [-0.3, -0.25) is 4.79 Å². The monoisotopic (exact) mass is 389 g/mol. The van der Waals surface area contributed by atoms with Crippen LogP contribution in [0.25, 0.3) is 0 Å². The fraction of sp³-hybridized carbons (Fsp3) is 0.682. The third-order valence-electron chi connectivity index (χ3n) is 7.35. The number of carbonyl (C=O) groups is 1. The quantitative estimate of drug-likeness (QED) is 0.775. The van der Waals surface area contributed by atoms with Gasteiger partial charge < -0.3 is 24.3 Å². The van der Waals surface area contributed by atoms with Crippen molar-refractivity contribution in [2.24, 2.45) is 23.7 Å².